The van der Waals surface area contributed by atoms with E-state index >= 15 is 0 Å². The Kier molecular flexibility index (Phi) is 12.0. The third kappa shape index (κ3) is 5.63. The van der Waals surface area contributed by atoms with Crippen LogP contribution in [0.5, 0.6) is 0 Å². The maximum absolute atomic E-state index is 2.49. The molecule has 2 heteroatoms. The molecule has 0 aromatic rings. The van der Waals surface area contributed by atoms with Crippen LogP contribution in [-0.4, -0.2) is 29.5 Å². The molecule has 19 heavy (non-hydrogen) atoms. The largest absolute Gasteiger partial charge is 0.0959 e. The SMILES string of the molecule is CCCP(CCC)C(CC)(CC)P(CCC)CCC. The van der Waals surface area contributed by atoms with Crippen LogP contribution in [0.2, 0.25) is 0 Å². The molecule has 116 valence electrons. The summed E-state index contributed by atoms with van der Waals surface area (Å²) >= 11 is 0. The molecule has 0 bridgehead atoms. The minimum atomic E-state index is 0.258. The van der Waals surface area contributed by atoms with Gasteiger partial charge in [-0.15, -0.1) is 0 Å². The standard InChI is InChI=1S/C17H38P2/c1-7-13-18(14-8-2)17(11-5,12-6)19(15-9-3)16-10-4/h7-16H2,1-6H3. The number of rotatable bonds is 12. The average molecular weight is 304 g/mol. The second-order valence-corrected chi connectivity index (χ2v) is 11.7. The van der Waals surface area contributed by atoms with Gasteiger partial charge in [-0.05, 0) is 37.5 Å². The van der Waals surface area contributed by atoms with Gasteiger partial charge in [-0.3, -0.25) is 0 Å². The molecule has 0 aromatic carbocycles. The Hall–Kier alpha value is 0.860. The molecule has 0 amide bonds. The van der Waals surface area contributed by atoms with E-state index in [2.05, 4.69) is 41.5 Å². The first-order valence-corrected chi connectivity index (χ1v) is 12.1. The Morgan fingerprint density at radius 3 is 0.947 bits per heavy atom. The highest BCUT2D eigenvalue weighted by Gasteiger charge is 2.39. The highest BCUT2D eigenvalue weighted by atomic mass is 31.2. The molecule has 0 aliphatic rings. The molecule has 0 saturated carbocycles. The summed E-state index contributed by atoms with van der Waals surface area (Å²) in [6, 6.07) is 0. The van der Waals surface area contributed by atoms with E-state index in [0.29, 0.717) is 0 Å². The molecule has 0 unspecified atom stereocenters. The van der Waals surface area contributed by atoms with E-state index in [1.54, 1.807) is 0 Å². The van der Waals surface area contributed by atoms with Crippen molar-refractivity contribution in [1.29, 1.82) is 0 Å². The minimum absolute atomic E-state index is 0.258. The van der Waals surface area contributed by atoms with Crippen LogP contribution in [0.15, 0.2) is 0 Å². The first-order chi connectivity index (χ1) is 9.16. The van der Waals surface area contributed by atoms with Gasteiger partial charge in [0.1, 0.15) is 0 Å². The summed E-state index contributed by atoms with van der Waals surface area (Å²) in [5.41, 5.74) is 0. The second kappa shape index (κ2) is 11.5. The quantitative estimate of drug-likeness (QED) is 0.337. The van der Waals surface area contributed by atoms with Crippen molar-refractivity contribution in [2.75, 3.05) is 24.6 Å². The predicted molar refractivity (Wildman–Crippen MR) is 97.8 cm³/mol. The summed E-state index contributed by atoms with van der Waals surface area (Å²) in [5, 5.41) is 0. The lowest BCUT2D eigenvalue weighted by Gasteiger charge is -2.47. The summed E-state index contributed by atoms with van der Waals surface area (Å²) in [6.07, 6.45) is 14.6. The van der Waals surface area contributed by atoms with Crippen LogP contribution < -0.4 is 0 Å². The van der Waals surface area contributed by atoms with Crippen molar-refractivity contribution >= 4 is 15.8 Å². The van der Waals surface area contributed by atoms with Crippen LogP contribution in [0.1, 0.15) is 80.1 Å². The average Bonchev–Trinajstić information content (AvgIpc) is 2.41. The summed E-state index contributed by atoms with van der Waals surface area (Å²) in [4.78, 5) is 0.753. The number of hydrogen-bond acceptors (Lipinski definition) is 0. The van der Waals surface area contributed by atoms with Gasteiger partial charge < -0.3 is 0 Å². The first kappa shape index (κ1) is 19.9. The van der Waals surface area contributed by atoms with Crippen LogP contribution in [0.3, 0.4) is 0 Å². The molecule has 0 spiro atoms. The normalized spacial score (nSPS) is 12.6. The van der Waals surface area contributed by atoms with Gasteiger partial charge in [0.15, 0.2) is 0 Å². The monoisotopic (exact) mass is 304 g/mol. The zero-order valence-corrected chi connectivity index (χ0v) is 16.3. The summed E-state index contributed by atoms with van der Waals surface area (Å²) in [7, 11) is 0.515. The Balaban J connectivity index is 5.21. The van der Waals surface area contributed by atoms with Gasteiger partial charge in [0.25, 0.3) is 0 Å². The maximum Gasteiger partial charge on any atom is 0.0101 e. The van der Waals surface area contributed by atoms with Crippen LogP contribution in [0.4, 0.5) is 0 Å². The highest BCUT2D eigenvalue weighted by molar-refractivity contribution is 7.77. The molecular formula is C17H38P2. The van der Waals surface area contributed by atoms with E-state index in [1.807, 2.05) is 0 Å². The van der Waals surface area contributed by atoms with Crippen molar-refractivity contribution in [3.8, 4) is 0 Å². The lowest BCUT2D eigenvalue weighted by atomic mass is 10.2. The number of hydrogen-bond donors (Lipinski definition) is 0. The van der Waals surface area contributed by atoms with E-state index in [0.717, 1.165) is 4.90 Å². The fraction of sp³-hybridized carbons (Fsp3) is 1.00. The zero-order valence-electron chi connectivity index (χ0n) is 14.5. The van der Waals surface area contributed by atoms with Gasteiger partial charge in [-0.1, -0.05) is 83.1 Å². The van der Waals surface area contributed by atoms with E-state index in [4.69, 9.17) is 0 Å². The Bertz CT molecular complexity index is 169. The van der Waals surface area contributed by atoms with E-state index < -0.39 is 0 Å². The topological polar surface area (TPSA) is 0 Å². The fourth-order valence-corrected chi connectivity index (χ4v) is 12.3. The molecular weight excluding hydrogens is 266 g/mol. The molecule has 0 radical (unpaired) electrons. The van der Waals surface area contributed by atoms with Gasteiger partial charge in [0.2, 0.25) is 0 Å². The lowest BCUT2D eigenvalue weighted by Crippen LogP contribution is -2.27. The van der Waals surface area contributed by atoms with Crippen LogP contribution >= 0.6 is 15.8 Å². The smallest absolute Gasteiger partial charge is 0.0101 e. The summed E-state index contributed by atoms with van der Waals surface area (Å²) in [5.74, 6) is 0. The first-order valence-electron chi connectivity index (χ1n) is 8.66. The molecule has 0 saturated heterocycles. The lowest BCUT2D eigenvalue weighted by molar-refractivity contribution is 0.700. The molecule has 0 fully saturated rings. The molecule has 0 aromatic heterocycles. The van der Waals surface area contributed by atoms with Crippen molar-refractivity contribution < 1.29 is 0 Å². The summed E-state index contributed by atoms with van der Waals surface area (Å²) < 4.78 is 0. The van der Waals surface area contributed by atoms with Crippen LogP contribution in [0.25, 0.3) is 0 Å². The summed E-state index contributed by atoms with van der Waals surface area (Å²) in [6.45, 7) is 14.5. The van der Waals surface area contributed by atoms with Crippen molar-refractivity contribution in [3.63, 3.8) is 0 Å². The zero-order chi connectivity index (χ0) is 14.7. The molecule has 0 N–H and O–H groups in total. The van der Waals surface area contributed by atoms with Crippen molar-refractivity contribution in [1.82, 2.24) is 0 Å². The fourth-order valence-electron chi connectivity index (χ4n) is 3.48. The van der Waals surface area contributed by atoms with Crippen LogP contribution in [0, 0.1) is 0 Å². The molecule has 0 atom stereocenters. The van der Waals surface area contributed by atoms with Gasteiger partial charge in [0.05, 0.1) is 0 Å². The molecule has 0 aliphatic carbocycles. The van der Waals surface area contributed by atoms with E-state index in [-0.39, 0.29) is 15.8 Å². The second-order valence-electron chi connectivity index (χ2n) is 5.66. The van der Waals surface area contributed by atoms with Crippen molar-refractivity contribution in [2.45, 2.75) is 85.0 Å². The predicted octanol–water partition coefficient (Wildman–Crippen LogP) is 7.11. The van der Waals surface area contributed by atoms with Gasteiger partial charge in [-0.2, -0.15) is 0 Å². The van der Waals surface area contributed by atoms with Crippen molar-refractivity contribution in [2.24, 2.45) is 0 Å². The molecule has 0 aliphatic heterocycles. The minimum Gasteiger partial charge on any atom is -0.0959 e. The Labute approximate surface area is 126 Å². The van der Waals surface area contributed by atoms with Gasteiger partial charge in [-0.25, -0.2) is 0 Å². The molecule has 0 nitrogen and oxygen atoms in total. The Morgan fingerprint density at radius 2 is 0.789 bits per heavy atom. The van der Waals surface area contributed by atoms with Gasteiger partial charge in [0, 0.05) is 4.90 Å². The molecule has 0 heterocycles. The Morgan fingerprint density at radius 1 is 0.526 bits per heavy atom. The van der Waals surface area contributed by atoms with E-state index in [1.165, 1.54) is 63.2 Å². The van der Waals surface area contributed by atoms with Crippen molar-refractivity contribution in [3.05, 3.63) is 0 Å². The van der Waals surface area contributed by atoms with E-state index in [9.17, 15) is 0 Å². The third-order valence-electron chi connectivity index (χ3n) is 4.28. The molecule has 0 rings (SSSR count). The third-order valence-corrected chi connectivity index (χ3v) is 13.5. The van der Waals surface area contributed by atoms with Crippen LogP contribution in [-0.2, 0) is 0 Å². The highest BCUT2D eigenvalue weighted by Crippen LogP contribution is 2.70. The van der Waals surface area contributed by atoms with Gasteiger partial charge >= 0.3 is 0 Å². The maximum atomic E-state index is 2.49.